The Morgan fingerprint density at radius 3 is 2.59 bits per heavy atom. The molecule has 2 aromatic carbocycles. The summed E-state index contributed by atoms with van der Waals surface area (Å²) in [6.45, 7) is 2.09. The predicted molar refractivity (Wildman–Crippen MR) is 74.9 cm³/mol. The summed E-state index contributed by atoms with van der Waals surface area (Å²) in [6.07, 6.45) is 1.12. The second-order valence-corrected chi connectivity index (χ2v) is 4.98. The molecule has 3 rings (SSSR count). The number of benzene rings is 2. The van der Waals surface area contributed by atoms with Crippen LogP contribution in [0.15, 0.2) is 53.4 Å². The van der Waals surface area contributed by atoms with Gasteiger partial charge in [-0.2, -0.15) is 0 Å². The Labute approximate surface area is 107 Å². The number of thiol groups is 1. The van der Waals surface area contributed by atoms with Gasteiger partial charge in [-0.1, -0.05) is 24.3 Å². The standard InChI is InChI=1S/C15H15NS/c17-15-7-6-12-8-9-16(11-13(12)10-15)14-4-2-1-3-5-14/h1-7,10,17H,8-9,11H2. The van der Waals surface area contributed by atoms with Gasteiger partial charge in [0.1, 0.15) is 0 Å². The molecule has 2 heteroatoms. The summed E-state index contributed by atoms with van der Waals surface area (Å²) < 4.78 is 0. The molecule has 1 nitrogen and oxygen atoms in total. The Hall–Kier alpha value is -1.41. The van der Waals surface area contributed by atoms with Gasteiger partial charge in [0.05, 0.1) is 0 Å². The van der Waals surface area contributed by atoms with E-state index in [1.165, 1.54) is 16.8 Å². The summed E-state index contributed by atoms with van der Waals surface area (Å²) >= 11 is 4.42. The number of fused-ring (bicyclic) bond motifs is 1. The van der Waals surface area contributed by atoms with Crippen LogP contribution in [0, 0.1) is 0 Å². The first-order valence-electron chi connectivity index (χ1n) is 5.94. The lowest BCUT2D eigenvalue weighted by Gasteiger charge is -2.30. The molecule has 0 bridgehead atoms. The summed E-state index contributed by atoms with van der Waals surface area (Å²) in [7, 11) is 0. The molecule has 0 atom stereocenters. The highest BCUT2D eigenvalue weighted by Crippen LogP contribution is 2.25. The zero-order valence-corrected chi connectivity index (χ0v) is 10.5. The number of para-hydroxylation sites is 1. The van der Waals surface area contributed by atoms with Crippen molar-refractivity contribution in [1.29, 1.82) is 0 Å². The van der Waals surface area contributed by atoms with Crippen LogP contribution in [-0.2, 0) is 13.0 Å². The van der Waals surface area contributed by atoms with Gasteiger partial charge >= 0.3 is 0 Å². The van der Waals surface area contributed by atoms with Crippen LogP contribution in [0.1, 0.15) is 11.1 Å². The third-order valence-electron chi connectivity index (χ3n) is 3.32. The molecule has 17 heavy (non-hydrogen) atoms. The van der Waals surface area contributed by atoms with E-state index in [0.29, 0.717) is 0 Å². The third-order valence-corrected chi connectivity index (χ3v) is 3.60. The van der Waals surface area contributed by atoms with Crippen LogP contribution in [0.5, 0.6) is 0 Å². The first kappa shape index (κ1) is 10.7. The van der Waals surface area contributed by atoms with Crippen molar-refractivity contribution in [3.8, 4) is 0 Å². The topological polar surface area (TPSA) is 3.24 Å². The van der Waals surface area contributed by atoms with Crippen molar-refractivity contribution in [2.45, 2.75) is 17.9 Å². The van der Waals surface area contributed by atoms with Gasteiger partial charge in [-0.25, -0.2) is 0 Å². The summed E-state index contributed by atoms with van der Waals surface area (Å²) in [6, 6.07) is 17.1. The SMILES string of the molecule is Sc1ccc2c(c1)CN(c1ccccc1)CC2. The van der Waals surface area contributed by atoms with Crippen molar-refractivity contribution < 1.29 is 0 Å². The summed E-state index contributed by atoms with van der Waals surface area (Å²) in [5, 5.41) is 0. The molecule has 1 aliphatic rings. The lowest BCUT2D eigenvalue weighted by Crippen LogP contribution is -2.30. The quantitative estimate of drug-likeness (QED) is 0.747. The molecule has 0 aliphatic carbocycles. The zero-order valence-electron chi connectivity index (χ0n) is 9.63. The molecule has 1 aliphatic heterocycles. The summed E-state index contributed by atoms with van der Waals surface area (Å²) in [5.41, 5.74) is 4.19. The molecule has 0 N–H and O–H groups in total. The van der Waals surface area contributed by atoms with Gasteiger partial charge in [0.2, 0.25) is 0 Å². The lowest BCUT2D eigenvalue weighted by molar-refractivity contribution is 0.729. The molecule has 0 aromatic heterocycles. The Kier molecular flexibility index (Phi) is 2.81. The molecule has 0 amide bonds. The molecule has 0 radical (unpaired) electrons. The highest BCUT2D eigenvalue weighted by atomic mass is 32.1. The number of rotatable bonds is 1. The van der Waals surface area contributed by atoms with Crippen LogP contribution in [0.25, 0.3) is 0 Å². The fraction of sp³-hybridized carbons (Fsp3) is 0.200. The van der Waals surface area contributed by atoms with E-state index < -0.39 is 0 Å². The van der Waals surface area contributed by atoms with E-state index >= 15 is 0 Å². The summed E-state index contributed by atoms with van der Waals surface area (Å²) in [4.78, 5) is 3.48. The smallest absolute Gasteiger partial charge is 0.0432 e. The number of anilines is 1. The Morgan fingerprint density at radius 2 is 1.76 bits per heavy atom. The summed E-state index contributed by atoms with van der Waals surface area (Å²) in [5.74, 6) is 0. The van der Waals surface area contributed by atoms with Gasteiger partial charge in [0.15, 0.2) is 0 Å². The van der Waals surface area contributed by atoms with Crippen LogP contribution in [-0.4, -0.2) is 6.54 Å². The van der Waals surface area contributed by atoms with Gasteiger partial charge in [0, 0.05) is 23.7 Å². The van der Waals surface area contributed by atoms with Gasteiger partial charge in [-0.05, 0) is 41.8 Å². The van der Waals surface area contributed by atoms with E-state index in [2.05, 4.69) is 66.1 Å². The molecule has 86 valence electrons. The van der Waals surface area contributed by atoms with Crippen molar-refractivity contribution in [3.05, 3.63) is 59.7 Å². The van der Waals surface area contributed by atoms with E-state index in [0.717, 1.165) is 24.4 Å². The van der Waals surface area contributed by atoms with Crippen LogP contribution in [0.3, 0.4) is 0 Å². The molecule has 0 saturated carbocycles. The largest absolute Gasteiger partial charge is 0.367 e. The number of nitrogens with zero attached hydrogens (tertiary/aromatic N) is 1. The van der Waals surface area contributed by atoms with Crippen LogP contribution in [0.2, 0.25) is 0 Å². The van der Waals surface area contributed by atoms with Crippen molar-refractivity contribution in [1.82, 2.24) is 0 Å². The molecular formula is C15H15NS. The average Bonchev–Trinajstić information content (AvgIpc) is 2.39. The van der Waals surface area contributed by atoms with Gasteiger partial charge in [-0.15, -0.1) is 12.6 Å². The molecule has 2 aromatic rings. The van der Waals surface area contributed by atoms with Crippen molar-refractivity contribution >= 4 is 18.3 Å². The molecular weight excluding hydrogens is 226 g/mol. The number of hydrogen-bond acceptors (Lipinski definition) is 2. The number of hydrogen-bond donors (Lipinski definition) is 1. The van der Waals surface area contributed by atoms with Crippen LogP contribution in [0.4, 0.5) is 5.69 Å². The Bertz CT molecular complexity index is 522. The zero-order chi connectivity index (χ0) is 11.7. The third kappa shape index (κ3) is 2.18. The van der Waals surface area contributed by atoms with Gasteiger partial charge in [0.25, 0.3) is 0 Å². The van der Waals surface area contributed by atoms with Crippen molar-refractivity contribution in [2.24, 2.45) is 0 Å². The first-order valence-corrected chi connectivity index (χ1v) is 6.38. The molecule has 0 spiro atoms. The molecule has 1 heterocycles. The van der Waals surface area contributed by atoms with E-state index in [4.69, 9.17) is 0 Å². The maximum Gasteiger partial charge on any atom is 0.0432 e. The van der Waals surface area contributed by atoms with Crippen molar-refractivity contribution in [3.63, 3.8) is 0 Å². The second-order valence-electron chi connectivity index (χ2n) is 4.46. The normalized spacial score (nSPS) is 14.5. The predicted octanol–water partition coefficient (Wildman–Crippen LogP) is 3.54. The fourth-order valence-corrected chi connectivity index (χ4v) is 2.63. The minimum absolute atomic E-state index is 0.994. The van der Waals surface area contributed by atoms with E-state index in [-0.39, 0.29) is 0 Å². The van der Waals surface area contributed by atoms with Crippen LogP contribution >= 0.6 is 12.6 Å². The van der Waals surface area contributed by atoms with E-state index in [1.807, 2.05) is 0 Å². The molecule has 0 fully saturated rings. The maximum atomic E-state index is 4.42. The minimum atomic E-state index is 0.994. The van der Waals surface area contributed by atoms with E-state index in [1.54, 1.807) is 0 Å². The Morgan fingerprint density at radius 1 is 0.941 bits per heavy atom. The highest BCUT2D eigenvalue weighted by molar-refractivity contribution is 7.80. The van der Waals surface area contributed by atoms with Gasteiger partial charge < -0.3 is 4.90 Å². The van der Waals surface area contributed by atoms with Crippen molar-refractivity contribution in [2.75, 3.05) is 11.4 Å². The van der Waals surface area contributed by atoms with Gasteiger partial charge in [-0.3, -0.25) is 0 Å². The fourth-order valence-electron chi connectivity index (χ4n) is 2.40. The molecule has 0 saturated heterocycles. The lowest BCUT2D eigenvalue weighted by atomic mass is 9.99. The maximum absolute atomic E-state index is 4.42. The molecule has 0 unspecified atom stereocenters. The highest BCUT2D eigenvalue weighted by Gasteiger charge is 2.16. The van der Waals surface area contributed by atoms with Crippen LogP contribution < -0.4 is 4.90 Å². The Balaban J connectivity index is 1.90. The van der Waals surface area contributed by atoms with E-state index in [9.17, 15) is 0 Å². The first-order chi connectivity index (χ1) is 8.33. The monoisotopic (exact) mass is 241 g/mol. The minimum Gasteiger partial charge on any atom is -0.367 e. The average molecular weight is 241 g/mol. The second kappa shape index (κ2) is 4.46.